The fourth-order valence-electron chi connectivity index (χ4n) is 2.33. The van der Waals surface area contributed by atoms with Gasteiger partial charge in [0.1, 0.15) is 5.92 Å². The van der Waals surface area contributed by atoms with Gasteiger partial charge in [-0.15, -0.1) is 0 Å². The number of nitrogens with one attached hydrogen (secondary N) is 1. The van der Waals surface area contributed by atoms with Gasteiger partial charge in [-0.2, -0.15) is 0 Å². The molecular formula is C13H24N2O3. The summed E-state index contributed by atoms with van der Waals surface area (Å²) < 4.78 is 0. The number of rotatable bonds is 6. The summed E-state index contributed by atoms with van der Waals surface area (Å²) >= 11 is 0. The Morgan fingerprint density at radius 3 is 2.22 bits per heavy atom. The lowest BCUT2D eigenvalue weighted by atomic mass is 10.0. The molecule has 0 saturated carbocycles. The van der Waals surface area contributed by atoms with E-state index < -0.39 is 17.8 Å². The number of amides is 1. The van der Waals surface area contributed by atoms with Gasteiger partial charge in [0.05, 0.1) is 0 Å². The first-order valence-corrected chi connectivity index (χ1v) is 6.68. The molecule has 0 aromatic heterocycles. The molecule has 104 valence electrons. The standard InChI is InChI=1S/C13H24N2O3/c1-9(2)11(15-6-4-5-7-15)8-14-12(16)10(3)13(17)18/h9-11H,4-8H2,1-3H3,(H,14,16)(H,17,18). The Morgan fingerprint density at radius 2 is 1.78 bits per heavy atom. The smallest absolute Gasteiger partial charge is 0.315 e. The van der Waals surface area contributed by atoms with Gasteiger partial charge in [0.15, 0.2) is 0 Å². The van der Waals surface area contributed by atoms with Crippen LogP contribution in [0, 0.1) is 11.8 Å². The zero-order valence-corrected chi connectivity index (χ0v) is 11.5. The van der Waals surface area contributed by atoms with E-state index >= 15 is 0 Å². The van der Waals surface area contributed by atoms with Gasteiger partial charge < -0.3 is 10.4 Å². The van der Waals surface area contributed by atoms with Crippen molar-refractivity contribution in [3.8, 4) is 0 Å². The molecule has 18 heavy (non-hydrogen) atoms. The van der Waals surface area contributed by atoms with Crippen LogP contribution in [0.3, 0.4) is 0 Å². The first-order valence-electron chi connectivity index (χ1n) is 6.68. The van der Waals surface area contributed by atoms with Crippen molar-refractivity contribution in [3.63, 3.8) is 0 Å². The van der Waals surface area contributed by atoms with E-state index in [4.69, 9.17) is 5.11 Å². The van der Waals surface area contributed by atoms with Crippen LogP contribution < -0.4 is 5.32 Å². The van der Waals surface area contributed by atoms with Gasteiger partial charge in [-0.05, 0) is 38.8 Å². The number of carbonyl (C=O) groups excluding carboxylic acids is 1. The molecule has 0 spiro atoms. The van der Waals surface area contributed by atoms with Crippen molar-refractivity contribution < 1.29 is 14.7 Å². The molecule has 0 aromatic carbocycles. The number of carboxylic acid groups (broad SMARTS) is 1. The van der Waals surface area contributed by atoms with Crippen molar-refractivity contribution >= 4 is 11.9 Å². The average Bonchev–Trinajstić information content (AvgIpc) is 2.81. The van der Waals surface area contributed by atoms with Gasteiger partial charge in [-0.1, -0.05) is 13.8 Å². The normalized spacial score (nSPS) is 19.8. The van der Waals surface area contributed by atoms with Crippen molar-refractivity contribution in [1.82, 2.24) is 10.2 Å². The summed E-state index contributed by atoms with van der Waals surface area (Å²) in [5.74, 6) is -2.00. The van der Waals surface area contributed by atoms with E-state index in [0.717, 1.165) is 13.1 Å². The Hall–Kier alpha value is -1.10. The summed E-state index contributed by atoms with van der Waals surface area (Å²) in [6.45, 7) is 8.37. The number of hydrogen-bond donors (Lipinski definition) is 2. The molecule has 5 nitrogen and oxygen atoms in total. The maximum Gasteiger partial charge on any atom is 0.315 e. The molecule has 1 saturated heterocycles. The third-order valence-corrected chi connectivity index (χ3v) is 3.63. The van der Waals surface area contributed by atoms with Crippen LogP contribution >= 0.6 is 0 Å². The zero-order valence-electron chi connectivity index (χ0n) is 11.5. The molecule has 0 radical (unpaired) electrons. The Morgan fingerprint density at radius 1 is 1.22 bits per heavy atom. The lowest BCUT2D eigenvalue weighted by Crippen LogP contribution is -2.47. The van der Waals surface area contributed by atoms with Crippen LogP contribution in [0.5, 0.6) is 0 Å². The minimum absolute atomic E-state index is 0.303. The second kappa shape index (κ2) is 6.73. The molecule has 5 heteroatoms. The molecule has 0 aromatic rings. The summed E-state index contributed by atoms with van der Waals surface area (Å²) in [6.07, 6.45) is 2.42. The van der Waals surface area contributed by atoms with Crippen LogP contribution in [0.15, 0.2) is 0 Å². The highest BCUT2D eigenvalue weighted by Crippen LogP contribution is 2.17. The molecule has 0 bridgehead atoms. The van der Waals surface area contributed by atoms with Crippen molar-refractivity contribution in [2.24, 2.45) is 11.8 Å². The molecule has 2 unspecified atom stereocenters. The summed E-state index contributed by atoms with van der Waals surface area (Å²) in [5, 5.41) is 11.5. The summed E-state index contributed by atoms with van der Waals surface area (Å²) in [6, 6.07) is 0.303. The molecule has 1 amide bonds. The second-order valence-electron chi connectivity index (χ2n) is 5.36. The Labute approximate surface area is 109 Å². The predicted octanol–water partition coefficient (Wildman–Crippen LogP) is 0.944. The van der Waals surface area contributed by atoms with E-state index in [2.05, 4.69) is 24.1 Å². The molecule has 1 aliphatic heterocycles. The van der Waals surface area contributed by atoms with Crippen LogP contribution in [0.25, 0.3) is 0 Å². The van der Waals surface area contributed by atoms with E-state index in [9.17, 15) is 9.59 Å². The molecule has 2 atom stereocenters. The lowest BCUT2D eigenvalue weighted by molar-refractivity contribution is -0.146. The van der Waals surface area contributed by atoms with Gasteiger partial charge in [-0.25, -0.2) is 0 Å². The van der Waals surface area contributed by atoms with E-state index in [0.29, 0.717) is 18.5 Å². The Kier molecular flexibility index (Phi) is 5.59. The number of hydrogen-bond acceptors (Lipinski definition) is 3. The molecular weight excluding hydrogens is 232 g/mol. The number of carbonyl (C=O) groups is 2. The van der Waals surface area contributed by atoms with Crippen LogP contribution in [0.4, 0.5) is 0 Å². The number of likely N-dealkylation sites (tertiary alicyclic amines) is 1. The monoisotopic (exact) mass is 256 g/mol. The van der Waals surface area contributed by atoms with Gasteiger partial charge in [0, 0.05) is 12.6 Å². The molecule has 1 fully saturated rings. The highest BCUT2D eigenvalue weighted by Gasteiger charge is 2.26. The molecule has 1 heterocycles. The van der Waals surface area contributed by atoms with Gasteiger partial charge >= 0.3 is 5.97 Å². The van der Waals surface area contributed by atoms with E-state index in [1.54, 1.807) is 0 Å². The van der Waals surface area contributed by atoms with E-state index in [-0.39, 0.29) is 0 Å². The third-order valence-electron chi connectivity index (χ3n) is 3.63. The fraction of sp³-hybridized carbons (Fsp3) is 0.846. The quantitative estimate of drug-likeness (QED) is 0.694. The number of carboxylic acids is 1. The number of nitrogens with zero attached hydrogens (tertiary/aromatic N) is 1. The summed E-state index contributed by atoms with van der Waals surface area (Å²) in [5.41, 5.74) is 0. The third kappa shape index (κ3) is 3.98. The zero-order chi connectivity index (χ0) is 13.7. The van der Waals surface area contributed by atoms with E-state index in [1.165, 1.54) is 19.8 Å². The van der Waals surface area contributed by atoms with Gasteiger partial charge in [0.25, 0.3) is 0 Å². The lowest BCUT2D eigenvalue weighted by Gasteiger charge is -2.31. The fourth-order valence-corrected chi connectivity index (χ4v) is 2.33. The minimum atomic E-state index is -1.07. The molecule has 1 rings (SSSR count). The maximum atomic E-state index is 11.6. The Bertz CT molecular complexity index is 299. The second-order valence-corrected chi connectivity index (χ2v) is 5.36. The van der Waals surface area contributed by atoms with Crippen molar-refractivity contribution in [3.05, 3.63) is 0 Å². The van der Waals surface area contributed by atoms with E-state index in [1.807, 2.05) is 0 Å². The van der Waals surface area contributed by atoms with Gasteiger partial charge in [0.2, 0.25) is 5.91 Å². The highest BCUT2D eigenvalue weighted by molar-refractivity contribution is 5.96. The maximum absolute atomic E-state index is 11.6. The minimum Gasteiger partial charge on any atom is -0.481 e. The molecule has 2 N–H and O–H groups in total. The predicted molar refractivity (Wildman–Crippen MR) is 69.2 cm³/mol. The van der Waals surface area contributed by atoms with Crippen LogP contribution in [-0.4, -0.2) is 47.6 Å². The SMILES string of the molecule is CC(C(=O)O)C(=O)NCC(C(C)C)N1CCCC1. The van der Waals surface area contributed by atoms with Crippen molar-refractivity contribution in [1.29, 1.82) is 0 Å². The summed E-state index contributed by atoms with van der Waals surface area (Å²) in [7, 11) is 0. The molecule has 0 aliphatic carbocycles. The highest BCUT2D eigenvalue weighted by atomic mass is 16.4. The van der Waals surface area contributed by atoms with Crippen LogP contribution in [0.2, 0.25) is 0 Å². The van der Waals surface area contributed by atoms with Crippen molar-refractivity contribution in [2.75, 3.05) is 19.6 Å². The van der Waals surface area contributed by atoms with Crippen molar-refractivity contribution in [2.45, 2.75) is 39.7 Å². The topological polar surface area (TPSA) is 69.6 Å². The largest absolute Gasteiger partial charge is 0.481 e. The summed E-state index contributed by atoms with van der Waals surface area (Å²) in [4.78, 5) is 24.7. The van der Waals surface area contributed by atoms with Gasteiger partial charge in [-0.3, -0.25) is 14.5 Å². The number of aliphatic carboxylic acids is 1. The first-order chi connectivity index (χ1) is 8.43. The van der Waals surface area contributed by atoms with Crippen LogP contribution in [0.1, 0.15) is 33.6 Å². The Balaban J connectivity index is 2.47. The molecule has 1 aliphatic rings. The first kappa shape index (κ1) is 15.0. The average molecular weight is 256 g/mol. The van der Waals surface area contributed by atoms with Crippen LogP contribution in [-0.2, 0) is 9.59 Å².